The van der Waals surface area contributed by atoms with Gasteiger partial charge in [-0.05, 0) is 24.8 Å². The molecule has 0 radical (unpaired) electrons. The fourth-order valence-electron chi connectivity index (χ4n) is 2.02. The van der Waals surface area contributed by atoms with Gasteiger partial charge in [0.25, 0.3) is 15.6 Å². The fraction of sp³-hybridized carbons (Fsp3) is 0.375. The van der Waals surface area contributed by atoms with Crippen LogP contribution in [0.1, 0.15) is 18.4 Å². The number of allylic oxidation sites excluding steroid dienone is 1. The number of hydrogen-bond acceptors (Lipinski definition) is 2. The molecule has 0 saturated carbocycles. The molecule has 0 fully saturated rings. The third kappa shape index (κ3) is 8.63. The maximum Gasteiger partial charge on any atom is 0.272 e. The molecule has 1 rings (SSSR count). The number of nitrogens with one attached hydrogen (secondary N) is 2. The van der Waals surface area contributed by atoms with Crippen LogP contribution in [0.5, 0.6) is 0 Å². The van der Waals surface area contributed by atoms with Crippen molar-refractivity contribution in [2.75, 3.05) is 0 Å². The highest BCUT2D eigenvalue weighted by Crippen LogP contribution is 2.29. The van der Waals surface area contributed by atoms with E-state index in [1.807, 2.05) is 0 Å². The van der Waals surface area contributed by atoms with Crippen molar-refractivity contribution in [3.05, 3.63) is 47.8 Å². The van der Waals surface area contributed by atoms with Crippen LogP contribution in [0, 0.1) is 0 Å². The molecule has 1 aromatic carbocycles. The second kappa shape index (κ2) is 10.9. The van der Waals surface area contributed by atoms with Crippen LogP contribution in [-0.2, 0) is 16.0 Å². The van der Waals surface area contributed by atoms with E-state index < -0.39 is 31.8 Å². The Hall–Kier alpha value is -0.430. The highest BCUT2D eigenvalue weighted by Gasteiger charge is 2.34. The van der Waals surface area contributed by atoms with Crippen molar-refractivity contribution in [1.29, 1.82) is 0 Å². The summed E-state index contributed by atoms with van der Waals surface area (Å²) in [6.45, 7) is 0. The van der Waals surface area contributed by atoms with Gasteiger partial charge in [-0.15, -0.1) is 0 Å². The van der Waals surface area contributed by atoms with E-state index in [1.54, 1.807) is 35.2 Å². The van der Waals surface area contributed by atoms with Gasteiger partial charge >= 0.3 is 0 Å². The zero-order valence-corrected chi connectivity index (χ0v) is 18.2. The van der Waals surface area contributed by atoms with E-state index in [0.29, 0.717) is 0 Å². The van der Waals surface area contributed by atoms with Gasteiger partial charge in [0.05, 0.1) is 6.04 Å². The van der Waals surface area contributed by atoms with Crippen LogP contribution < -0.4 is 10.2 Å². The van der Waals surface area contributed by atoms with E-state index in [2.05, 4.69) is 5.32 Å². The van der Waals surface area contributed by atoms with Gasteiger partial charge in [0.2, 0.25) is 0 Å². The summed E-state index contributed by atoms with van der Waals surface area (Å²) in [5, 5.41) is 2.34. The maximum absolute atomic E-state index is 14.7. The van der Waals surface area contributed by atoms with Gasteiger partial charge in [-0.2, -0.15) is 0 Å². The second-order valence-electron chi connectivity index (χ2n) is 5.47. The lowest BCUT2D eigenvalue weighted by molar-refractivity contribution is -0.121. The van der Waals surface area contributed by atoms with E-state index in [4.69, 9.17) is 69.8 Å². The lowest BCUT2D eigenvalue weighted by Crippen LogP contribution is -2.43. The summed E-state index contributed by atoms with van der Waals surface area (Å²) in [5.74, 6) is -2.49. The molecule has 27 heavy (non-hydrogen) atoms. The van der Waals surface area contributed by atoms with Crippen molar-refractivity contribution >= 4 is 81.6 Å². The van der Waals surface area contributed by atoms with Crippen molar-refractivity contribution in [3.8, 4) is 0 Å². The molecule has 1 unspecified atom stereocenters. The third-order valence-electron chi connectivity index (χ3n) is 3.39. The van der Waals surface area contributed by atoms with E-state index in [9.17, 15) is 14.0 Å². The molecular weight excluding hydrogens is 484 g/mol. The third-order valence-corrected chi connectivity index (χ3v) is 4.80. The first-order valence-electron chi connectivity index (χ1n) is 7.53. The SMILES string of the molecule is O=C(NC(Cc1ccccc1)/C(F)=C/CCC(Cl)(Cl)C(=O)NCl)C(Cl)(Cl)Cl. The Balaban J connectivity index is 2.89. The van der Waals surface area contributed by atoms with E-state index >= 15 is 0 Å². The molecule has 0 heterocycles. The number of carbonyl (C=O) groups excluding carboxylic acids is 2. The zero-order valence-electron chi connectivity index (χ0n) is 13.6. The lowest BCUT2D eigenvalue weighted by atomic mass is 10.0. The Kier molecular flexibility index (Phi) is 9.97. The number of benzene rings is 1. The van der Waals surface area contributed by atoms with Gasteiger partial charge in [-0.3, -0.25) is 14.4 Å². The number of rotatable bonds is 8. The minimum atomic E-state index is -2.24. The van der Waals surface area contributed by atoms with Crippen LogP contribution >= 0.6 is 69.8 Å². The van der Waals surface area contributed by atoms with Crippen LogP contribution in [-0.4, -0.2) is 26.0 Å². The van der Waals surface area contributed by atoms with E-state index in [1.165, 1.54) is 0 Å². The van der Waals surface area contributed by atoms with Crippen molar-refractivity contribution < 1.29 is 14.0 Å². The first-order chi connectivity index (χ1) is 12.5. The predicted octanol–water partition coefficient (Wildman–Crippen LogP) is 5.16. The molecule has 0 aliphatic rings. The molecule has 11 heteroatoms. The number of carbonyl (C=O) groups is 2. The fourth-order valence-corrected chi connectivity index (χ4v) is 2.76. The van der Waals surface area contributed by atoms with Gasteiger partial charge in [-0.1, -0.05) is 94.4 Å². The number of amides is 2. The number of alkyl halides is 5. The quantitative estimate of drug-likeness (QED) is 0.384. The van der Waals surface area contributed by atoms with Crippen molar-refractivity contribution in [2.45, 2.75) is 33.4 Å². The molecule has 0 spiro atoms. The second-order valence-corrected chi connectivity index (χ2v) is 9.42. The standard InChI is InChI=1S/C16H15Cl6FN2O2/c17-15(18,13(26)25-22)8-4-7-11(23)12(24-14(27)16(19,20)21)9-10-5-2-1-3-6-10/h1-3,5-7,12H,4,8-9H2,(H,24,27)(H,25,26)/b11-7-. The molecule has 1 atom stereocenters. The van der Waals surface area contributed by atoms with Crippen LogP contribution in [0.3, 0.4) is 0 Å². The predicted molar refractivity (Wildman–Crippen MR) is 109 cm³/mol. The molecule has 0 bridgehead atoms. The number of hydrogen-bond donors (Lipinski definition) is 2. The highest BCUT2D eigenvalue weighted by molar-refractivity contribution is 6.76. The summed E-state index contributed by atoms with van der Waals surface area (Å²) in [5.41, 5.74) is 0.751. The van der Waals surface area contributed by atoms with Gasteiger partial charge in [0.15, 0.2) is 4.33 Å². The summed E-state index contributed by atoms with van der Waals surface area (Å²) in [6, 6.07) is 7.77. The molecule has 0 aromatic heterocycles. The zero-order chi connectivity index (χ0) is 20.7. The topological polar surface area (TPSA) is 58.2 Å². The highest BCUT2D eigenvalue weighted by atomic mass is 35.6. The lowest BCUT2D eigenvalue weighted by Gasteiger charge is -2.21. The Morgan fingerprint density at radius 2 is 1.67 bits per heavy atom. The van der Waals surface area contributed by atoms with Crippen molar-refractivity contribution in [3.63, 3.8) is 0 Å². The monoisotopic (exact) mass is 496 g/mol. The van der Waals surface area contributed by atoms with Crippen molar-refractivity contribution in [2.24, 2.45) is 0 Å². The number of halogens is 7. The van der Waals surface area contributed by atoms with Gasteiger partial charge in [0.1, 0.15) is 5.83 Å². The molecular formula is C16H15Cl6FN2O2. The van der Waals surface area contributed by atoms with Gasteiger partial charge in [0, 0.05) is 11.8 Å². The molecule has 2 N–H and O–H groups in total. The summed E-state index contributed by atoms with van der Waals surface area (Å²) in [6.07, 6.45) is 1.15. The van der Waals surface area contributed by atoms with E-state index in [0.717, 1.165) is 11.6 Å². The van der Waals surface area contributed by atoms with Crippen LogP contribution in [0.4, 0.5) is 4.39 Å². The van der Waals surface area contributed by atoms with Crippen molar-refractivity contribution in [1.82, 2.24) is 10.2 Å². The van der Waals surface area contributed by atoms with Crippen LogP contribution in [0.2, 0.25) is 0 Å². The average Bonchev–Trinajstić information content (AvgIpc) is 2.60. The Bertz CT molecular complexity index is 679. The summed E-state index contributed by atoms with van der Waals surface area (Å²) >= 11 is 33.4. The molecule has 0 saturated heterocycles. The molecule has 2 amide bonds. The summed E-state index contributed by atoms with van der Waals surface area (Å²) in [7, 11) is 0. The maximum atomic E-state index is 14.7. The molecule has 4 nitrogen and oxygen atoms in total. The molecule has 0 aliphatic carbocycles. The van der Waals surface area contributed by atoms with Crippen LogP contribution in [0.25, 0.3) is 0 Å². The summed E-state index contributed by atoms with van der Waals surface area (Å²) < 4.78 is 10.6. The normalized spacial score (nSPS) is 13.8. The summed E-state index contributed by atoms with van der Waals surface area (Å²) in [4.78, 5) is 25.1. The Labute approximate surface area is 186 Å². The minimum Gasteiger partial charge on any atom is -0.343 e. The Morgan fingerprint density at radius 3 is 2.19 bits per heavy atom. The van der Waals surface area contributed by atoms with Crippen LogP contribution in [0.15, 0.2) is 42.2 Å². The largest absolute Gasteiger partial charge is 0.343 e. The molecule has 150 valence electrons. The first kappa shape index (κ1) is 24.6. The molecule has 1 aromatic rings. The Morgan fingerprint density at radius 1 is 1.07 bits per heavy atom. The van der Waals surface area contributed by atoms with Gasteiger partial charge in [-0.25, -0.2) is 4.39 Å². The minimum absolute atomic E-state index is 0.00191. The molecule has 0 aliphatic heterocycles. The van der Waals surface area contributed by atoms with E-state index in [-0.39, 0.29) is 19.3 Å². The smallest absolute Gasteiger partial charge is 0.272 e. The first-order valence-corrected chi connectivity index (χ1v) is 9.80. The van der Waals surface area contributed by atoms with Gasteiger partial charge < -0.3 is 5.32 Å². The average molecular weight is 499 g/mol.